The van der Waals surface area contributed by atoms with Crippen LogP contribution in [0.3, 0.4) is 0 Å². The molecule has 72 valence electrons. The minimum absolute atomic E-state index is 0.321. The van der Waals surface area contributed by atoms with Gasteiger partial charge in [-0.1, -0.05) is 18.1 Å². The van der Waals surface area contributed by atoms with E-state index in [1.165, 1.54) is 5.56 Å². The van der Waals surface area contributed by atoms with Crippen LogP contribution in [-0.4, -0.2) is 11.7 Å². The van der Waals surface area contributed by atoms with Gasteiger partial charge < -0.3 is 5.11 Å². The average Bonchev–Trinajstić information content (AvgIpc) is 2.99. The molecule has 1 aliphatic rings. The summed E-state index contributed by atoms with van der Waals surface area (Å²) < 4.78 is 0. The molecule has 2 atom stereocenters. The molecule has 2 rings (SSSR count). The van der Waals surface area contributed by atoms with Gasteiger partial charge in [0.05, 0.1) is 0 Å². The fourth-order valence-electron chi connectivity index (χ4n) is 1.82. The summed E-state index contributed by atoms with van der Waals surface area (Å²) in [4.78, 5) is 0. The monoisotopic (exact) mass is 186 g/mol. The van der Waals surface area contributed by atoms with E-state index in [2.05, 4.69) is 36.1 Å². The topological polar surface area (TPSA) is 20.2 Å². The van der Waals surface area contributed by atoms with E-state index in [0.717, 1.165) is 12.0 Å². The van der Waals surface area contributed by atoms with Crippen molar-refractivity contribution in [3.8, 4) is 11.8 Å². The van der Waals surface area contributed by atoms with Crippen molar-refractivity contribution in [2.45, 2.75) is 19.3 Å². The SMILES string of the molecule is CC#Cc1ccc([C@@H]2C[C@H]2CO)cc1. The number of hydrogen-bond acceptors (Lipinski definition) is 1. The molecule has 1 N–H and O–H groups in total. The van der Waals surface area contributed by atoms with Crippen LogP contribution in [0.25, 0.3) is 0 Å². The summed E-state index contributed by atoms with van der Waals surface area (Å²) in [6.45, 7) is 2.16. The average molecular weight is 186 g/mol. The van der Waals surface area contributed by atoms with Crippen LogP contribution < -0.4 is 0 Å². The molecule has 0 bridgehead atoms. The zero-order valence-electron chi connectivity index (χ0n) is 8.33. The fourth-order valence-corrected chi connectivity index (χ4v) is 1.82. The van der Waals surface area contributed by atoms with Gasteiger partial charge in [0.1, 0.15) is 0 Å². The lowest BCUT2D eigenvalue weighted by atomic mass is 10.1. The molecule has 14 heavy (non-hydrogen) atoms. The Morgan fingerprint density at radius 1 is 1.36 bits per heavy atom. The minimum atomic E-state index is 0.321. The van der Waals surface area contributed by atoms with E-state index >= 15 is 0 Å². The van der Waals surface area contributed by atoms with Gasteiger partial charge in [-0.25, -0.2) is 0 Å². The zero-order valence-corrected chi connectivity index (χ0v) is 8.33. The smallest absolute Gasteiger partial charge is 0.0465 e. The summed E-state index contributed by atoms with van der Waals surface area (Å²) in [5, 5.41) is 8.95. The van der Waals surface area contributed by atoms with Crippen LogP contribution in [0.5, 0.6) is 0 Å². The maximum atomic E-state index is 8.95. The molecule has 0 aromatic heterocycles. The third-order valence-corrected chi connectivity index (χ3v) is 2.77. The highest BCUT2D eigenvalue weighted by Gasteiger charge is 2.37. The zero-order chi connectivity index (χ0) is 9.97. The molecule has 0 saturated heterocycles. The fraction of sp³-hybridized carbons (Fsp3) is 0.385. The van der Waals surface area contributed by atoms with Crippen LogP contribution in [0.2, 0.25) is 0 Å². The third kappa shape index (κ3) is 1.81. The van der Waals surface area contributed by atoms with E-state index in [4.69, 9.17) is 5.11 Å². The molecule has 0 amide bonds. The van der Waals surface area contributed by atoms with Crippen molar-refractivity contribution in [3.05, 3.63) is 35.4 Å². The minimum Gasteiger partial charge on any atom is -0.396 e. The van der Waals surface area contributed by atoms with Gasteiger partial charge in [0.25, 0.3) is 0 Å². The molecule has 1 aromatic rings. The molecule has 0 unspecified atom stereocenters. The highest BCUT2D eigenvalue weighted by Crippen LogP contribution is 2.46. The summed E-state index contributed by atoms with van der Waals surface area (Å²) in [6.07, 6.45) is 1.13. The molecule has 1 heteroatoms. The number of rotatable bonds is 2. The first kappa shape index (κ1) is 9.30. The molecule has 1 aromatic carbocycles. The Hall–Kier alpha value is -1.26. The van der Waals surface area contributed by atoms with Crippen LogP contribution in [0.1, 0.15) is 30.4 Å². The number of hydrogen-bond donors (Lipinski definition) is 1. The predicted octanol–water partition coefficient (Wildman–Crippen LogP) is 2.15. The number of aliphatic hydroxyl groups excluding tert-OH is 1. The van der Waals surface area contributed by atoms with Gasteiger partial charge in [-0.3, -0.25) is 0 Å². The third-order valence-electron chi connectivity index (χ3n) is 2.77. The van der Waals surface area contributed by atoms with Gasteiger partial charge in [0.2, 0.25) is 0 Å². The molecular weight excluding hydrogens is 172 g/mol. The Labute approximate surface area is 84.8 Å². The van der Waals surface area contributed by atoms with E-state index in [9.17, 15) is 0 Å². The van der Waals surface area contributed by atoms with E-state index in [1.807, 2.05) is 6.92 Å². The van der Waals surface area contributed by atoms with Crippen molar-refractivity contribution < 1.29 is 5.11 Å². The Balaban J connectivity index is 2.10. The van der Waals surface area contributed by atoms with Crippen LogP contribution in [-0.2, 0) is 0 Å². The summed E-state index contributed by atoms with van der Waals surface area (Å²) in [7, 11) is 0. The van der Waals surface area contributed by atoms with E-state index in [0.29, 0.717) is 18.4 Å². The summed E-state index contributed by atoms with van der Waals surface area (Å²) in [5.74, 6) is 6.98. The maximum absolute atomic E-state index is 8.95. The molecule has 1 saturated carbocycles. The standard InChI is InChI=1S/C13H14O/c1-2-3-10-4-6-11(7-5-10)13-8-12(13)9-14/h4-7,12-14H,8-9H2,1H3/t12-,13-/m0/s1. The van der Waals surface area contributed by atoms with Crippen molar-refractivity contribution in [3.63, 3.8) is 0 Å². The number of benzene rings is 1. The molecule has 1 aliphatic carbocycles. The lowest BCUT2D eigenvalue weighted by Gasteiger charge is -1.98. The molecule has 0 heterocycles. The summed E-state index contributed by atoms with van der Waals surface area (Å²) in [5.41, 5.74) is 2.41. The molecule has 0 radical (unpaired) electrons. The molecule has 0 aliphatic heterocycles. The van der Waals surface area contributed by atoms with E-state index in [1.54, 1.807) is 0 Å². The van der Waals surface area contributed by atoms with Crippen molar-refractivity contribution in [2.75, 3.05) is 6.61 Å². The largest absolute Gasteiger partial charge is 0.396 e. The first-order chi connectivity index (χ1) is 6.85. The van der Waals surface area contributed by atoms with Crippen molar-refractivity contribution in [1.82, 2.24) is 0 Å². The normalized spacial score (nSPS) is 23.9. The molecule has 1 nitrogen and oxygen atoms in total. The first-order valence-electron chi connectivity index (χ1n) is 4.98. The van der Waals surface area contributed by atoms with Gasteiger partial charge in [-0.15, -0.1) is 5.92 Å². The first-order valence-corrected chi connectivity index (χ1v) is 4.98. The van der Waals surface area contributed by atoms with Crippen LogP contribution in [0, 0.1) is 17.8 Å². The lowest BCUT2D eigenvalue weighted by Crippen LogP contribution is -1.88. The van der Waals surface area contributed by atoms with Crippen molar-refractivity contribution in [1.29, 1.82) is 0 Å². The Kier molecular flexibility index (Phi) is 2.56. The Morgan fingerprint density at radius 3 is 2.57 bits per heavy atom. The van der Waals surface area contributed by atoms with Crippen molar-refractivity contribution in [2.24, 2.45) is 5.92 Å². The molecule has 0 spiro atoms. The maximum Gasteiger partial charge on any atom is 0.0465 e. The Morgan fingerprint density at radius 2 is 2.07 bits per heavy atom. The van der Waals surface area contributed by atoms with Crippen LogP contribution >= 0.6 is 0 Å². The van der Waals surface area contributed by atoms with Gasteiger partial charge in [0, 0.05) is 12.2 Å². The van der Waals surface area contributed by atoms with Crippen LogP contribution in [0.4, 0.5) is 0 Å². The highest BCUT2D eigenvalue weighted by atomic mass is 16.3. The summed E-state index contributed by atoms with van der Waals surface area (Å²) in [6, 6.07) is 8.36. The Bertz CT molecular complexity index is 366. The molecule has 1 fully saturated rings. The van der Waals surface area contributed by atoms with Crippen LogP contribution in [0.15, 0.2) is 24.3 Å². The van der Waals surface area contributed by atoms with Gasteiger partial charge in [-0.2, -0.15) is 0 Å². The lowest BCUT2D eigenvalue weighted by molar-refractivity contribution is 0.274. The van der Waals surface area contributed by atoms with Gasteiger partial charge in [0.15, 0.2) is 0 Å². The van der Waals surface area contributed by atoms with Gasteiger partial charge >= 0.3 is 0 Å². The second kappa shape index (κ2) is 3.86. The second-order valence-corrected chi connectivity index (χ2v) is 3.78. The van der Waals surface area contributed by atoms with Gasteiger partial charge in [-0.05, 0) is 42.9 Å². The molecular formula is C13H14O. The number of aliphatic hydroxyl groups is 1. The second-order valence-electron chi connectivity index (χ2n) is 3.78. The van der Waals surface area contributed by atoms with E-state index < -0.39 is 0 Å². The van der Waals surface area contributed by atoms with E-state index in [-0.39, 0.29) is 0 Å². The summed E-state index contributed by atoms with van der Waals surface area (Å²) >= 11 is 0. The quantitative estimate of drug-likeness (QED) is 0.702. The predicted molar refractivity (Wildman–Crippen MR) is 56.9 cm³/mol. The van der Waals surface area contributed by atoms with Crippen molar-refractivity contribution >= 4 is 0 Å². The highest BCUT2D eigenvalue weighted by molar-refractivity contribution is 5.38.